The molecule has 2 rings (SSSR count). The molecule has 0 radical (unpaired) electrons. The number of aliphatic hydroxyl groups excluding tert-OH is 1. The third-order valence-corrected chi connectivity index (χ3v) is 3.92. The fraction of sp³-hybridized carbons (Fsp3) is 0.154. The van der Waals surface area contributed by atoms with Gasteiger partial charge in [0.2, 0.25) is 5.88 Å². The van der Waals surface area contributed by atoms with E-state index in [-0.39, 0.29) is 0 Å². The van der Waals surface area contributed by atoms with Crippen molar-refractivity contribution in [3.63, 3.8) is 0 Å². The molecule has 0 aliphatic rings. The molecule has 0 fully saturated rings. The molecule has 0 unspecified atom stereocenters. The van der Waals surface area contributed by atoms with Gasteiger partial charge in [0.15, 0.2) is 0 Å². The summed E-state index contributed by atoms with van der Waals surface area (Å²) < 4.78 is 6.31. The van der Waals surface area contributed by atoms with Crippen molar-refractivity contribution in [1.82, 2.24) is 4.98 Å². The number of aromatic nitrogens is 1. The van der Waals surface area contributed by atoms with Crippen LogP contribution in [0.15, 0.2) is 34.9 Å². The van der Waals surface area contributed by atoms with Crippen LogP contribution < -0.4 is 4.74 Å². The molecule has 1 aromatic carbocycles. The van der Waals surface area contributed by atoms with Gasteiger partial charge in [0, 0.05) is 22.3 Å². The first kappa shape index (κ1) is 14.6. The summed E-state index contributed by atoms with van der Waals surface area (Å²) in [4.78, 5) is 4.09. The number of benzene rings is 1. The van der Waals surface area contributed by atoms with E-state index in [2.05, 4.69) is 20.9 Å². The molecule has 0 aliphatic carbocycles. The van der Waals surface area contributed by atoms with E-state index in [4.69, 9.17) is 27.9 Å². The van der Waals surface area contributed by atoms with Gasteiger partial charge in [-0.25, -0.2) is 4.98 Å². The minimum Gasteiger partial charge on any atom is -0.437 e. The van der Waals surface area contributed by atoms with Crippen LogP contribution in [0.1, 0.15) is 18.6 Å². The second-order valence-corrected chi connectivity index (χ2v) is 5.54. The fourth-order valence-corrected chi connectivity index (χ4v) is 2.32. The summed E-state index contributed by atoms with van der Waals surface area (Å²) in [6.07, 6.45) is 0.892. The first-order valence-corrected chi connectivity index (χ1v) is 6.99. The van der Waals surface area contributed by atoms with E-state index in [0.717, 1.165) is 0 Å². The Morgan fingerprint density at radius 2 is 2.05 bits per heavy atom. The maximum atomic E-state index is 9.66. The lowest BCUT2D eigenvalue weighted by Crippen LogP contribution is -1.98. The number of hydrogen-bond donors (Lipinski definition) is 1. The number of ether oxygens (including phenoxy) is 1. The topological polar surface area (TPSA) is 42.4 Å². The molecule has 19 heavy (non-hydrogen) atoms. The summed E-state index contributed by atoms with van der Waals surface area (Å²) in [5.41, 5.74) is 0.581. The highest BCUT2D eigenvalue weighted by Crippen LogP contribution is 2.37. The highest BCUT2D eigenvalue weighted by atomic mass is 79.9. The number of nitrogens with zero attached hydrogens (tertiary/aromatic N) is 1. The Labute approximate surface area is 129 Å². The van der Waals surface area contributed by atoms with Gasteiger partial charge in [-0.3, -0.25) is 0 Å². The zero-order valence-corrected chi connectivity index (χ0v) is 13.0. The van der Waals surface area contributed by atoms with E-state index in [0.29, 0.717) is 31.7 Å². The number of aliphatic hydroxyl groups is 1. The number of rotatable bonds is 3. The summed E-state index contributed by atoms with van der Waals surface area (Å²) in [6.45, 7) is 1.64. The highest BCUT2D eigenvalue weighted by Gasteiger charge is 2.13. The quantitative estimate of drug-likeness (QED) is 0.781. The second-order valence-electron chi connectivity index (χ2n) is 3.87. The molecule has 1 aromatic heterocycles. The van der Waals surface area contributed by atoms with Gasteiger partial charge in [0.25, 0.3) is 0 Å². The Hall–Kier alpha value is -0.810. The monoisotopic (exact) mass is 361 g/mol. The molecule has 1 heterocycles. The van der Waals surface area contributed by atoms with Gasteiger partial charge >= 0.3 is 0 Å². The standard InChI is InChI=1S/C13H10BrCl2NO2/c1-7(18)8-3-2-4-17-13(8)19-12-6-10(15)9(14)5-11(12)16/h2-7,18H,1H3/t7-/m0/s1. The molecule has 1 N–H and O–H groups in total. The summed E-state index contributed by atoms with van der Waals surface area (Å²) in [7, 11) is 0. The number of hydrogen-bond acceptors (Lipinski definition) is 3. The van der Waals surface area contributed by atoms with Crippen LogP contribution >= 0.6 is 39.1 Å². The van der Waals surface area contributed by atoms with Crippen LogP contribution in [-0.4, -0.2) is 10.1 Å². The SMILES string of the molecule is C[C@H](O)c1cccnc1Oc1cc(Cl)c(Br)cc1Cl. The van der Waals surface area contributed by atoms with Crippen molar-refractivity contribution in [2.24, 2.45) is 0 Å². The lowest BCUT2D eigenvalue weighted by molar-refractivity contribution is 0.194. The molecule has 0 bridgehead atoms. The molecule has 2 aromatic rings. The fourth-order valence-electron chi connectivity index (χ4n) is 1.49. The Kier molecular flexibility index (Phi) is 4.68. The van der Waals surface area contributed by atoms with Crippen LogP contribution in [0.25, 0.3) is 0 Å². The molecule has 0 spiro atoms. The second kappa shape index (κ2) is 6.09. The molecular formula is C13H10BrCl2NO2. The minimum atomic E-state index is -0.687. The summed E-state index contributed by atoms with van der Waals surface area (Å²) in [5, 5.41) is 10.5. The van der Waals surface area contributed by atoms with Crippen molar-refractivity contribution in [3.05, 3.63) is 50.5 Å². The summed E-state index contributed by atoms with van der Waals surface area (Å²) >= 11 is 15.4. The molecule has 1 atom stereocenters. The largest absolute Gasteiger partial charge is 0.437 e. The van der Waals surface area contributed by atoms with Gasteiger partial charge in [-0.1, -0.05) is 23.2 Å². The van der Waals surface area contributed by atoms with Gasteiger partial charge < -0.3 is 9.84 Å². The third kappa shape index (κ3) is 3.39. The molecule has 6 heteroatoms. The van der Waals surface area contributed by atoms with Crippen LogP contribution in [0.2, 0.25) is 10.0 Å². The summed E-state index contributed by atoms with van der Waals surface area (Å²) in [6, 6.07) is 6.70. The minimum absolute atomic E-state index is 0.304. The van der Waals surface area contributed by atoms with Gasteiger partial charge in [0.1, 0.15) is 5.75 Å². The normalized spacial score (nSPS) is 12.3. The lowest BCUT2D eigenvalue weighted by atomic mass is 10.2. The van der Waals surface area contributed by atoms with Crippen molar-refractivity contribution < 1.29 is 9.84 Å². The van der Waals surface area contributed by atoms with Gasteiger partial charge in [-0.05, 0) is 41.1 Å². The van der Waals surface area contributed by atoms with Crippen LogP contribution in [-0.2, 0) is 0 Å². The van der Waals surface area contributed by atoms with Crippen molar-refractivity contribution in [1.29, 1.82) is 0 Å². The predicted octanol–water partition coefficient (Wildman–Crippen LogP) is 5.00. The smallest absolute Gasteiger partial charge is 0.225 e. The molecular weight excluding hydrogens is 353 g/mol. The Bertz CT molecular complexity index is 605. The van der Waals surface area contributed by atoms with Crippen molar-refractivity contribution in [3.8, 4) is 11.6 Å². The predicted molar refractivity (Wildman–Crippen MR) is 79.1 cm³/mol. The molecule has 0 amide bonds. The van der Waals surface area contributed by atoms with E-state index in [1.807, 2.05) is 0 Å². The van der Waals surface area contributed by atoms with E-state index in [9.17, 15) is 5.11 Å². The van der Waals surface area contributed by atoms with E-state index in [1.165, 1.54) is 0 Å². The van der Waals surface area contributed by atoms with Crippen LogP contribution in [0.3, 0.4) is 0 Å². The zero-order valence-electron chi connectivity index (χ0n) is 9.90. The average Bonchev–Trinajstić information content (AvgIpc) is 2.36. The molecule has 0 saturated carbocycles. The number of pyridine rings is 1. The first-order chi connectivity index (χ1) is 8.99. The average molecular weight is 363 g/mol. The number of halogens is 3. The van der Waals surface area contributed by atoms with Crippen molar-refractivity contribution >= 4 is 39.1 Å². The van der Waals surface area contributed by atoms with Crippen molar-refractivity contribution in [2.75, 3.05) is 0 Å². The van der Waals surface area contributed by atoms with E-state index < -0.39 is 6.10 Å². The molecule has 3 nitrogen and oxygen atoms in total. The van der Waals surface area contributed by atoms with Crippen LogP contribution in [0.5, 0.6) is 11.6 Å². The van der Waals surface area contributed by atoms with Gasteiger partial charge in [-0.2, -0.15) is 0 Å². The Balaban J connectivity index is 2.39. The lowest BCUT2D eigenvalue weighted by Gasteiger charge is -2.13. The maximum Gasteiger partial charge on any atom is 0.225 e. The van der Waals surface area contributed by atoms with Gasteiger partial charge in [0.05, 0.1) is 16.1 Å². The molecule has 100 valence electrons. The van der Waals surface area contributed by atoms with Crippen LogP contribution in [0.4, 0.5) is 0 Å². The summed E-state index contributed by atoms with van der Waals surface area (Å²) in [5.74, 6) is 0.688. The molecule has 0 aliphatic heterocycles. The van der Waals surface area contributed by atoms with Crippen molar-refractivity contribution in [2.45, 2.75) is 13.0 Å². The Morgan fingerprint density at radius 1 is 1.32 bits per heavy atom. The van der Waals surface area contributed by atoms with Crippen LogP contribution in [0, 0.1) is 0 Å². The molecule has 0 saturated heterocycles. The van der Waals surface area contributed by atoms with E-state index in [1.54, 1.807) is 37.4 Å². The third-order valence-electron chi connectivity index (χ3n) is 2.43. The highest BCUT2D eigenvalue weighted by molar-refractivity contribution is 9.10. The van der Waals surface area contributed by atoms with E-state index >= 15 is 0 Å². The Morgan fingerprint density at radius 3 is 2.74 bits per heavy atom. The van der Waals surface area contributed by atoms with Gasteiger partial charge in [-0.15, -0.1) is 0 Å². The zero-order chi connectivity index (χ0) is 14.0. The first-order valence-electron chi connectivity index (χ1n) is 5.44. The maximum absolute atomic E-state index is 9.66.